The van der Waals surface area contributed by atoms with Gasteiger partial charge in [-0.05, 0) is 19.0 Å². The summed E-state index contributed by atoms with van der Waals surface area (Å²) in [6.07, 6.45) is 0.983. The number of aliphatic carboxylic acids is 1. The Kier molecular flexibility index (Phi) is 4.33. The molecule has 0 spiro atoms. The van der Waals surface area contributed by atoms with Crippen molar-refractivity contribution in [3.05, 3.63) is 35.9 Å². The molecule has 1 heterocycles. The van der Waals surface area contributed by atoms with Crippen LogP contribution in [0.4, 0.5) is 0 Å². The molecule has 0 aromatic heterocycles. The van der Waals surface area contributed by atoms with E-state index in [-0.39, 0.29) is 6.04 Å². The van der Waals surface area contributed by atoms with E-state index in [9.17, 15) is 4.79 Å². The van der Waals surface area contributed by atoms with Crippen molar-refractivity contribution in [3.63, 3.8) is 0 Å². The highest BCUT2D eigenvalue weighted by Crippen LogP contribution is 2.09. The van der Waals surface area contributed by atoms with Crippen molar-refractivity contribution in [2.24, 2.45) is 0 Å². The zero-order chi connectivity index (χ0) is 13.0. The summed E-state index contributed by atoms with van der Waals surface area (Å²) in [5, 5.41) is 9.14. The molecule has 0 radical (unpaired) electrons. The van der Waals surface area contributed by atoms with Crippen molar-refractivity contribution in [3.8, 4) is 0 Å². The Morgan fingerprint density at radius 2 is 2.06 bits per heavy atom. The first-order chi connectivity index (χ1) is 8.66. The van der Waals surface area contributed by atoms with Gasteiger partial charge in [-0.2, -0.15) is 0 Å². The third-order valence-corrected chi connectivity index (χ3v) is 3.58. The first-order valence-corrected chi connectivity index (χ1v) is 6.36. The van der Waals surface area contributed by atoms with Crippen molar-refractivity contribution in [1.29, 1.82) is 0 Å². The number of rotatable bonds is 4. The summed E-state index contributed by atoms with van der Waals surface area (Å²) in [5.74, 6) is -0.720. The number of carboxylic acid groups (broad SMARTS) is 1. The molecule has 1 aromatic carbocycles. The zero-order valence-electron chi connectivity index (χ0n) is 10.7. The van der Waals surface area contributed by atoms with Gasteiger partial charge in [-0.25, -0.2) is 0 Å². The number of likely N-dealkylation sites (N-methyl/N-ethyl adjacent to an activating group) is 1. The summed E-state index contributed by atoms with van der Waals surface area (Å²) < 4.78 is 0. The Balaban J connectivity index is 1.85. The van der Waals surface area contributed by atoms with Gasteiger partial charge in [-0.1, -0.05) is 30.3 Å². The molecule has 1 saturated heterocycles. The molecule has 0 aliphatic carbocycles. The van der Waals surface area contributed by atoms with Gasteiger partial charge in [0.1, 0.15) is 6.04 Å². The first kappa shape index (κ1) is 13.1. The summed E-state index contributed by atoms with van der Waals surface area (Å²) in [5.41, 5.74) is 1.31. The van der Waals surface area contributed by atoms with E-state index in [0.29, 0.717) is 6.54 Å². The van der Waals surface area contributed by atoms with E-state index in [1.807, 2.05) is 30.1 Å². The van der Waals surface area contributed by atoms with E-state index >= 15 is 0 Å². The molecule has 0 saturated carbocycles. The molecule has 98 valence electrons. The van der Waals surface area contributed by atoms with Crippen LogP contribution in [-0.2, 0) is 11.2 Å². The van der Waals surface area contributed by atoms with Crippen LogP contribution in [0.15, 0.2) is 30.3 Å². The summed E-state index contributed by atoms with van der Waals surface area (Å²) in [7, 11) is 1.88. The molecule has 18 heavy (non-hydrogen) atoms. The van der Waals surface area contributed by atoms with E-state index in [4.69, 9.17) is 5.11 Å². The second-order valence-electron chi connectivity index (χ2n) is 4.87. The predicted molar refractivity (Wildman–Crippen MR) is 70.6 cm³/mol. The molecular formula is C14H20N2O2. The van der Waals surface area contributed by atoms with Crippen molar-refractivity contribution >= 4 is 5.97 Å². The van der Waals surface area contributed by atoms with Crippen LogP contribution in [0.5, 0.6) is 0 Å². The highest BCUT2D eigenvalue weighted by molar-refractivity contribution is 5.73. The Morgan fingerprint density at radius 3 is 2.72 bits per heavy atom. The van der Waals surface area contributed by atoms with Gasteiger partial charge in [-0.3, -0.25) is 14.6 Å². The van der Waals surface area contributed by atoms with E-state index in [2.05, 4.69) is 17.0 Å². The van der Waals surface area contributed by atoms with Gasteiger partial charge in [0.25, 0.3) is 0 Å². The fraction of sp³-hybridized carbons (Fsp3) is 0.500. The lowest BCUT2D eigenvalue weighted by molar-refractivity contribution is -0.145. The van der Waals surface area contributed by atoms with Gasteiger partial charge in [0.15, 0.2) is 0 Å². The molecule has 4 nitrogen and oxygen atoms in total. The lowest BCUT2D eigenvalue weighted by atomic mass is 10.1. The summed E-state index contributed by atoms with van der Waals surface area (Å²) >= 11 is 0. The van der Waals surface area contributed by atoms with Gasteiger partial charge in [0.05, 0.1) is 0 Å². The van der Waals surface area contributed by atoms with E-state index in [0.717, 1.165) is 26.1 Å². The van der Waals surface area contributed by atoms with E-state index in [1.165, 1.54) is 5.56 Å². The number of benzene rings is 1. The maximum absolute atomic E-state index is 11.1. The van der Waals surface area contributed by atoms with Crippen LogP contribution in [0.1, 0.15) is 5.56 Å². The fourth-order valence-corrected chi connectivity index (χ4v) is 2.33. The smallest absolute Gasteiger partial charge is 0.322 e. The molecule has 0 amide bonds. The topological polar surface area (TPSA) is 43.8 Å². The molecule has 2 rings (SSSR count). The third kappa shape index (κ3) is 3.31. The van der Waals surface area contributed by atoms with Crippen molar-refractivity contribution in [2.75, 3.05) is 33.2 Å². The number of piperazine rings is 1. The Labute approximate surface area is 108 Å². The maximum atomic E-state index is 11.1. The fourth-order valence-electron chi connectivity index (χ4n) is 2.33. The van der Waals surface area contributed by atoms with Gasteiger partial charge in [0.2, 0.25) is 0 Å². The lowest BCUT2D eigenvalue weighted by Crippen LogP contribution is -2.55. The van der Waals surface area contributed by atoms with Gasteiger partial charge in [0, 0.05) is 26.2 Å². The van der Waals surface area contributed by atoms with Gasteiger partial charge in [-0.15, -0.1) is 0 Å². The Bertz CT molecular complexity index is 394. The minimum absolute atomic E-state index is 0.366. The maximum Gasteiger partial charge on any atom is 0.322 e. The van der Waals surface area contributed by atoms with E-state index in [1.54, 1.807) is 0 Å². The second-order valence-corrected chi connectivity index (χ2v) is 4.87. The minimum atomic E-state index is -0.720. The highest BCUT2D eigenvalue weighted by atomic mass is 16.4. The average Bonchev–Trinajstić information content (AvgIpc) is 2.38. The standard InChI is InChI=1S/C14H20N2O2/c1-15-9-10-16(11-13(15)14(17)18)8-7-12-5-3-2-4-6-12/h2-6,13H,7-11H2,1H3,(H,17,18). The molecular weight excluding hydrogens is 228 g/mol. The van der Waals surface area contributed by atoms with Crippen molar-refractivity contribution in [1.82, 2.24) is 9.80 Å². The molecule has 1 unspecified atom stereocenters. The number of nitrogens with zero attached hydrogens (tertiary/aromatic N) is 2. The second kappa shape index (κ2) is 5.98. The average molecular weight is 248 g/mol. The summed E-state index contributed by atoms with van der Waals surface area (Å²) in [4.78, 5) is 15.3. The largest absolute Gasteiger partial charge is 0.480 e. The van der Waals surface area contributed by atoms with Crippen LogP contribution in [0.25, 0.3) is 0 Å². The molecule has 1 aliphatic rings. The Morgan fingerprint density at radius 1 is 1.33 bits per heavy atom. The SMILES string of the molecule is CN1CCN(CCc2ccccc2)CC1C(=O)O. The van der Waals surface area contributed by atoms with Crippen LogP contribution in [0.3, 0.4) is 0 Å². The molecule has 0 bridgehead atoms. The molecule has 1 aliphatic heterocycles. The zero-order valence-corrected chi connectivity index (χ0v) is 10.7. The molecule has 1 N–H and O–H groups in total. The van der Waals surface area contributed by atoms with Crippen LogP contribution in [-0.4, -0.2) is 60.1 Å². The first-order valence-electron chi connectivity index (χ1n) is 6.36. The lowest BCUT2D eigenvalue weighted by Gasteiger charge is -2.37. The summed E-state index contributed by atoms with van der Waals surface area (Å²) in [6, 6.07) is 9.96. The quantitative estimate of drug-likeness (QED) is 0.861. The molecule has 1 atom stereocenters. The molecule has 4 heteroatoms. The Hall–Kier alpha value is -1.39. The van der Waals surface area contributed by atoms with Crippen molar-refractivity contribution < 1.29 is 9.90 Å². The van der Waals surface area contributed by atoms with Crippen LogP contribution >= 0.6 is 0 Å². The predicted octanol–water partition coefficient (Wildman–Crippen LogP) is 0.930. The third-order valence-electron chi connectivity index (χ3n) is 3.58. The van der Waals surface area contributed by atoms with Crippen LogP contribution < -0.4 is 0 Å². The van der Waals surface area contributed by atoms with Crippen LogP contribution in [0, 0.1) is 0 Å². The molecule has 1 aromatic rings. The highest BCUT2D eigenvalue weighted by Gasteiger charge is 2.29. The van der Waals surface area contributed by atoms with Crippen LogP contribution in [0.2, 0.25) is 0 Å². The number of hydrogen-bond acceptors (Lipinski definition) is 3. The van der Waals surface area contributed by atoms with Gasteiger partial charge < -0.3 is 5.11 Å². The summed E-state index contributed by atoms with van der Waals surface area (Å²) in [6.45, 7) is 3.33. The van der Waals surface area contributed by atoms with E-state index < -0.39 is 5.97 Å². The number of carboxylic acids is 1. The minimum Gasteiger partial charge on any atom is -0.480 e. The number of hydrogen-bond donors (Lipinski definition) is 1. The van der Waals surface area contributed by atoms with Crippen molar-refractivity contribution in [2.45, 2.75) is 12.5 Å². The number of carbonyl (C=O) groups is 1. The molecule has 1 fully saturated rings. The van der Waals surface area contributed by atoms with Gasteiger partial charge >= 0.3 is 5.97 Å². The normalized spacial score (nSPS) is 21.9. The monoisotopic (exact) mass is 248 g/mol.